The highest BCUT2D eigenvalue weighted by molar-refractivity contribution is 5.87. The van der Waals surface area contributed by atoms with E-state index in [1.54, 1.807) is 0 Å². The number of rotatable bonds is 7. The fourth-order valence-corrected chi connectivity index (χ4v) is 8.12. The van der Waals surface area contributed by atoms with E-state index in [9.17, 15) is 0 Å². The zero-order valence-corrected chi connectivity index (χ0v) is 30.4. The van der Waals surface area contributed by atoms with Crippen LogP contribution in [0.1, 0.15) is 30.5 Å². The van der Waals surface area contributed by atoms with Crippen molar-refractivity contribution in [3.05, 3.63) is 211 Å². The van der Waals surface area contributed by atoms with Crippen LogP contribution in [0.2, 0.25) is 0 Å². The molecule has 1 nitrogen and oxygen atoms in total. The highest BCUT2D eigenvalue weighted by Gasteiger charge is 2.35. The van der Waals surface area contributed by atoms with Crippen LogP contribution >= 0.6 is 0 Å². The SMILES string of the molecule is Cc1cc(-c2ccc(-c3ccccc3)cc2)ccc1N(c1ccc(-c2ccc(-c3ccccc3)cc2)cc1)c1ccc2c(c1)C(C)(C)c1ccccc1-2. The van der Waals surface area contributed by atoms with Crippen LogP contribution in [-0.4, -0.2) is 0 Å². The van der Waals surface area contributed by atoms with Crippen LogP contribution in [0.5, 0.6) is 0 Å². The lowest BCUT2D eigenvalue weighted by Crippen LogP contribution is -2.17. The second-order valence-corrected chi connectivity index (χ2v) is 14.7. The van der Waals surface area contributed by atoms with Crippen LogP contribution in [0.3, 0.4) is 0 Å². The monoisotopic (exact) mass is 679 g/mol. The molecule has 0 fully saturated rings. The molecule has 1 aliphatic rings. The third-order valence-corrected chi connectivity index (χ3v) is 11.0. The number of nitrogens with zero attached hydrogens (tertiary/aromatic N) is 1. The minimum absolute atomic E-state index is 0.0891. The van der Waals surface area contributed by atoms with E-state index in [0.29, 0.717) is 0 Å². The summed E-state index contributed by atoms with van der Waals surface area (Å²) < 4.78 is 0. The Kier molecular flexibility index (Phi) is 8.13. The maximum atomic E-state index is 2.43. The molecule has 8 aromatic rings. The molecule has 0 unspecified atom stereocenters. The summed E-state index contributed by atoms with van der Waals surface area (Å²) >= 11 is 0. The topological polar surface area (TPSA) is 3.24 Å². The average molecular weight is 680 g/mol. The average Bonchev–Trinajstić information content (AvgIpc) is 3.45. The Balaban J connectivity index is 1.09. The van der Waals surface area contributed by atoms with E-state index < -0.39 is 0 Å². The Morgan fingerprint density at radius 1 is 0.340 bits per heavy atom. The number of aryl methyl sites for hydroxylation is 1. The molecule has 0 aliphatic heterocycles. The Morgan fingerprint density at radius 3 is 1.30 bits per heavy atom. The van der Waals surface area contributed by atoms with Crippen molar-refractivity contribution < 1.29 is 0 Å². The van der Waals surface area contributed by atoms with Gasteiger partial charge in [-0.1, -0.05) is 172 Å². The molecule has 53 heavy (non-hydrogen) atoms. The number of anilines is 3. The van der Waals surface area contributed by atoms with Crippen molar-refractivity contribution in [3.8, 4) is 55.6 Å². The van der Waals surface area contributed by atoms with E-state index in [1.165, 1.54) is 78.0 Å². The summed E-state index contributed by atoms with van der Waals surface area (Å²) in [6, 6.07) is 70.8. The van der Waals surface area contributed by atoms with Crippen molar-refractivity contribution in [3.63, 3.8) is 0 Å². The van der Waals surface area contributed by atoms with Gasteiger partial charge in [0.25, 0.3) is 0 Å². The van der Waals surface area contributed by atoms with Crippen LogP contribution in [-0.2, 0) is 5.41 Å². The first-order valence-electron chi connectivity index (χ1n) is 18.5. The molecule has 0 saturated heterocycles. The van der Waals surface area contributed by atoms with Gasteiger partial charge < -0.3 is 4.90 Å². The second kappa shape index (κ2) is 13.3. The summed E-state index contributed by atoms with van der Waals surface area (Å²) in [4.78, 5) is 2.43. The summed E-state index contributed by atoms with van der Waals surface area (Å²) in [5, 5.41) is 0. The Morgan fingerprint density at radius 2 is 0.755 bits per heavy atom. The Bertz CT molecular complexity index is 2540. The molecular weight excluding hydrogens is 639 g/mol. The summed E-state index contributed by atoms with van der Waals surface area (Å²) in [7, 11) is 0. The lowest BCUT2D eigenvalue weighted by Gasteiger charge is -2.29. The minimum atomic E-state index is -0.0891. The molecule has 0 amide bonds. The van der Waals surface area contributed by atoms with Crippen molar-refractivity contribution in [2.24, 2.45) is 0 Å². The van der Waals surface area contributed by atoms with E-state index in [4.69, 9.17) is 0 Å². The molecule has 0 atom stereocenters. The first-order valence-corrected chi connectivity index (χ1v) is 18.5. The van der Waals surface area contributed by atoms with Gasteiger partial charge in [-0.15, -0.1) is 0 Å². The highest BCUT2D eigenvalue weighted by atomic mass is 15.1. The summed E-state index contributed by atoms with van der Waals surface area (Å²) in [6.07, 6.45) is 0. The van der Waals surface area contributed by atoms with Gasteiger partial charge >= 0.3 is 0 Å². The van der Waals surface area contributed by atoms with Crippen LogP contribution in [0.15, 0.2) is 194 Å². The largest absolute Gasteiger partial charge is 0.310 e. The minimum Gasteiger partial charge on any atom is -0.310 e. The first kappa shape index (κ1) is 32.5. The summed E-state index contributed by atoms with van der Waals surface area (Å²) in [6.45, 7) is 6.94. The lowest BCUT2D eigenvalue weighted by atomic mass is 9.82. The van der Waals surface area contributed by atoms with E-state index in [2.05, 4.69) is 220 Å². The highest BCUT2D eigenvalue weighted by Crippen LogP contribution is 2.51. The number of hydrogen-bond donors (Lipinski definition) is 0. The van der Waals surface area contributed by atoms with Crippen LogP contribution in [0.25, 0.3) is 55.6 Å². The van der Waals surface area contributed by atoms with Crippen molar-refractivity contribution in [2.75, 3.05) is 4.90 Å². The quantitative estimate of drug-likeness (QED) is 0.162. The molecule has 0 heterocycles. The van der Waals surface area contributed by atoms with Crippen LogP contribution in [0.4, 0.5) is 17.1 Å². The van der Waals surface area contributed by atoms with Gasteiger partial charge in [-0.2, -0.15) is 0 Å². The zero-order valence-electron chi connectivity index (χ0n) is 30.4. The van der Waals surface area contributed by atoms with Gasteiger partial charge in [0.05, 0.1) is 0 Å². The molecule has 0 bridgehead atoms. The van der Waals surface area contributed by atoms with E-state index in [1.807, 2.05) is 0 Å². The predicted octanol–water partition coefficient (Wildman–Crippen LogP) is 14.4. The van der Waals surface area contributed by atoms with Crippen molar-refractivity contribution in [1.29, 1.82) is 0 Å². The van der Waals surface area contributed by atoms with Gasteiger partial charge in [-0.05, 0) is 116 Å². The normalized spacial score (nSPS) is 12.6. The van der Waals surface area contributed by atoms with E-state index in [0.717, 1.165) is 11.4 Å². The second-order valence-electron chi connectivity index (χ2n) is 14.7. The van der Waals surface area contributed by atoms with E-state index in [-0.39, 0.29) is 5.41 Å². The molecule has 0 aromatic heterocycles. The Labute approximate surface area is 313 Å². The number of hydrogen-bond acceptors (Lipinski definition) is 1. The van der Waals surface area contributed by atoms with Crippen molar-refractivity contribution in [1.82, 2.24) is 0 Å². The molecule has 1 heteroatoms. The summed E-state index contributed by atoms with van der Waals surface area (Å²) in [5.41, 5.74) is 19.8. The molecule has 8 aromatic carbocycles. The number of fused-ring (bicyclic) bond motifs is 3. The van der Waals surface area contributed by atoms with Gasteiger partial charge in [0.2, 0.25) is 0 Å². The molecular formula is C52H41N. The molecule has 254 valence electrons. The van der Waals surface area contributed by atoms with Crippen molar-refractivity contribution in [2.45, 2.75) is 26.2 Å². The smallest absolute Gasteiger partial charge is 0.0491 e. The van der Waals surface area contributed by atoms with Crippen LogP contribution < -0.4 is 4.90 Å². The summed E-state index contributed by atoms with van der Waals surface area (Å²) in [5.74, 6) is 0. The maximum Gasteiger partial charge on any atom is 0.0491 e. The number of benzene rings is 8. The van der Waals surface area contributed by atoms with Crippen LogP contribution in [0, 0.1) is 6.92 Å². The lowest BCUT2D eigenvalue weighted by molar-refractivity contribution is 0.660. The molecule has 0 N–H and O–H groups in total. The molecule has 0 radical (unpaired) electrons. The first-order chi connectivity index (χ1) is 25.9. The third-order valence-electron chi connectivity index (χ3n) is 11.0. The molecule has 0 saturated carbocycles. The maximum absolute atomic E-state index is 2.43. The molecule has 9 rings (SSSR count). The zero-order chi connectivity index (χ0) is 35.9. The van der Waals surface area contributed by atoms with Crippen molar-refractivity contribution >= 4 is 17.1 Å². The molecule has 1 aliphatic carbocycles. The van der Waals surface area contributed by atoms with Gasteiger partial charge in [-0.25, -0.2) is 0 Å². The standard InChI is InChI=1S/C52H41N/c1-36-34-44(43-24-22-40(23-25-43)38-14-8-5-9-15-38)28-33-51(36)53(46-31-32-48-47-16-10-11-17-49(47)52(2,3)50(48)35-46)45-29-26-42(27-30-45)41-20-18-39(19-21-41)37-12-6-4-7-13-37/h4-35H,1-3H3. The predicted molar refractivity (Wildman–Crippen MR) is 225 cm³/mol. The molecule has 0 spiro atoms. The van der Waals surface area contributed by atoms with E-state index >= 15 is 0 Å². The fraction of sp³-hybridized carbons (Fsp3) is 0.0769. The van der Waals surface area contributed by atoms with Gasteiger partial charge in [0, 0.05) is 22.5 Å². The van der Waals surface area contributed by atoms with Gasteiger partial charge in [0.1, 0.15) is 0 Å². The third kappa shape index (κ3) is 5.95. The van der Waals surface area contributed by atoms with Gasteiger partial charge in [-0.3, -0.25) is 0 Å². The fourth-order valence-electron chi connectivity index (χ4n) is 8.12. The Hall–Kier alpha value is -6.44. The van der Waals surface area contributed by atoms with Gasteiger partial charge in [0.15, 0.2) is 0 Å².